The molecule has 19 heavy (non-hydrogen) atoms. The van der Waals surface area contributed by atoms with Gasteiger partial charge in [-0.2, -0.15) is 5.10 Å². The third-order valence-electron chi connectivity index (χ3n) is 3.84. The topological polar surface area (TPSA) is 47.1 Å². The highest BCUT2D eigenvalue weighted by molar-refractivity contribution is 9.10. The lowest BCUT2D eigenvalue weighted by Crippen LogP contribution is -2.46. The van der Waals surface area contributed by atoms with Crippen LogP contribution in [0, 0.1) is 5.92 Å². The minimum absolute atomic E-state index is 0.311. The first kappa shape index (κ1) is 15.0. The lowest BCUT2D eigenvalue weighted by molar-refractivity contribution is 0.154. The molecule has 1 aromatic rings. The van der Waals surface area contributed by atoms with Crippen LogP contribution in [0.15, 0.2) is 4.47 Å². The van der Waals surface area contributed by atoms with Gasteiger partial charge in [0, 0.05) is 32.2 Å². The van der Waals surface area contributed by atoms with E-state index in [1.54, 1.807) is 0 Å². The van der Waals surface area contributed by atoms with E-state index in [9.17, 15) is 0 Å². The van der Waals surface area contributed by atoms with Gasteiger partial charge in [0.2, 0.25) is 0 Å². The van der Waals surface area contributed by atoms with Crippen LogP contribution in [0.1, 0.15) is 38.6 Å². The van der Waals surface area contributed by atoms with Crippen molar-refractivity contribution >= 4 is 15.9 Å². The molecule has 0 spiro atoms. The summed E-state index contributed by atoms with van der Waals surface area (Å²) in [5.41, 5.74) is 8.58. The third-order valence-corrected chi connectivity index (χ3v) is 4.75. The molecular formula is C14H25BrN4. The van der Waals surface area contributed by atoms with Gasteiger partial charge in [0.05, 0.1) is 15.9 Å². The minimum Gasteiger partial charge on any atom is -0.327 e. The summed E-state index contributed by atoms with van der Waals surface area (Å²) in [5, 5.41) is 4.66. The Kier molecular flexibility index (Phi) is 5.03. The van der Waals surface area contributed by atoms with Gasteiger partial charge in [-0.1, -0.05) is 13.8 Å². The average molecular weight is 329 g/mol. The lowest BCUT2D eigenvalue weighted by Gasteiger charge is -2.34. The molecule has 2 heterocycles. The molecule has 0 aromatic carbocycles. The molecule has 108 valence electrons. The van der Waals surface area contributed by atoms with E-state index in [0.29, 0.717) is 12.0 Å². The van der Waals surface area contributed by atoms with E-state index in [1.807, 2.05) is 0 Å². The molecule has 1 fully saturated rings. The number of nitrogens with two attached hydrogens (primary N) is 1. The van der Waals surface area contributed by atoms with Crippen LogP contribution in [0.3, 0.4) is 0 Å². The molecule has 0 aliphatic carbocycles. The van der Waals surface area contributed by atoms with E-state index in [4.69, 9.17) is 5.73 Å². The molecule has 0 saturated carbocycles. The second kappa shape index (κ2) is 6.37. The van der Waals surface area contributed by atoms with Gasteiger partial charge in [-0.15, -0.1) is 0 Å². The molecule has 2 rings (SSSR count). The van der Waals surface area contributed by atoms with Gasteiger partial charge < -0.3 is 5.73 Å². The fourth-order valence-corrected chi connectivity index (χ4v) is 3.71. The van der Waals surface area contributed by atoms with Gasteiger partial charge in [0.15, 0.2) is 0 Å². The van der Waals surface area contributed by atoms with Crippen molar-refractivity contribution in [1.82, 2.24) is 14.7 Å². The zero-order valence-corrected chi connectivity index (χ0v) is 13.8. The number of rotatable bonds is 4. The molecule has 0 radical (unpaired) electrons. The summed E-state index contributed by atoms with van der Waals surface area (Å²) < 4.78 is 3.30. The highest BCUT2D eigenvalue weighted by atomic mass is 79.9. The predicted octanol–water partition coefficient (Wildman–Crippen LogP) is 2.40. The number of halogens is 1. The number of aryl methyl sites for hydroxylation is 2. The van der Waals surface area contributed by atoms with E-state index < -0.39 is 0 Å². The van der Waals surface area contributed by atoms with Gasteiger partial charge in [0.1, 0.15) is 0 Å². The number of likely N-dealkylation sites (tertiary alicyclic amines) is 1. The summed E-state index contributed by atoms with van der Waals surface area (Å²) in [5.74, 6) is 0.686. The van der Waals surface area contributed by atoms with E-state index in [1.165, 1.54) is 10.2 Å². The Bertz CT molecular complexity index is 419. The molecule has 4 nitrogen and oxygen atoms in total. The van der Waals surface area contributed by atoms with Crippen molar-refractivity contribution in [2.75, 3.05) is 13.1 Å². The van der Waals surface area contributed by atoms with Crippen LogP contribution >= 0.6 is 15.9 Å². The van der Waals surface area contributed by atoms with Crippen molar-refractivity contribution in [2.24, 2.45) is 11.7 Å². The first-order chi connectivity index (χ1) is 9.05. The Labute approximate surface area is 124 Å². The van der Waals surface area contributed by atoms with Gasteiger partial charge in [-0.25, -0.2) is 0 Å². The SMILES string of the molecule is CCc1nn(CC)c(CN2CC(C)CC(N)C2)c1Br. The summed E-state index contributed by atoms with van der Waals surface area (Å²) in [7, 11) is 0. The van der Waals surface area contributed by atoms with Crippen LogP contribution in [-0.4, -0.2) is 33.8 Å². The smallest absolute Gasteiger partial charge is 0.0767 e. The average Bonchev–Trinajstić information content (AvgIpc) is 2.65. The lowest BCUT2D eigenvalue weighted by atomic mass is 9.96. The zero-order chi connectivity index (χ0) is 14.0. The maximum Gasteiger partial charge on any atom is 0.0767 e. The fourth-order valence-electron chi connectivity index (χ4n) is 3.02. The van der Waals surface area contributed by atoms with Gasteiger partial charge >= 0.3 is 0 Å². The monoisotopic (exact) mass is 328 g/mol. The Balaban J connectivity index is 2.16. The predicted molar refractivity (Wildman–Crippen MR) is 82.0 cm³/mol. The zero-order valence-electron chi connectivity index (χ0n) is 12.2. The fraction of sp³-hybridized carbons (Fsp3) is 0.786. The summed E-state index contributed by atoms with van der Waals surface area (Å²) in [4.78, 5) is 2.46. The third kappa shape index (κ3) is 3.38. The Hall–Kier alpha value is -0.390. The summed E-state index contributed by atoms with van der Waals surface area (Å²) in [6.45, 7) is 10.6. The molecule has 2 N–H and O–H groups in total. The molecule has 1 aliphatic rings. The van der Waals surface area contributed by atoms with E-state index in [0.717, 1.165) is 44.7 Å². The normalized spacial score (nSPS) is 24.9. The van der Waals surface area contributed by atoms with E-state index >= 15 is 0 Å². The van der Waals surface area contributed by atoms with Crippen molar-refractivity contribution in [3.8, 4) is 0 Å². The number of nitrogens with zero attached hydrogens (tertiary/aromatic N) is 3. The molecule has 5 heteroatoms. The van der Waals surface area contributed by atoms with Crippen LogP contribution in [0.4, 0.5) is 0 Å². The van der Waals surface area contributed by atoms with Crippen LogP contribution in [0.2, 0.25) is 0 Å². The van der Waals surface area contributed by atoms with Crippen LogP contribution < -0.4 is 5.73 Å². The highest BCUT2D eigenvalue weighted by Gasteiger charge is 2.24. The number of hydrogen-bond acceptors (Lipinski definition) is 3. The van der Waals surface area contributed by atoms with Crippen molar-refractivity contribution in [2.45, 2.75) is 52.7 Å². The number of aromatic nitrogens is 2. The Morgan fingerprint density at radius 2 is 2.11 bits per heavy atom. The number of hydrogen-bond donors (Lipinski definition) is 1. The molecule has 1 aliphatic heterocycles. The van der Waals surface area contributed by atoms with Crippen molar-refractivity contribution in [3.63, 3.8) is 0 Å². The van der Waals surface area contributed by atoms with E-state index in [2.05, 4.69) is 51.4 Å². The Morgan fingerprint density at radius 3 is 2.68 bits per heavy atom. The van der Waals surface area contributed by atoms with Crippen molar-refractivity contribution in [3.05, 3.63) is 15.9 Å². The van der Waals surface area contributed by atoms with Crippen LogP contribution in [0.25, 0.3) is 0 Å². The molecule has 1 aromatic heterocycles. The second-order valence-electron chi connectivity index (χ2n) is 5.67. The maximum absolute atomic E-state index is 6.13. The first-order valence-electron chi connectivity index (χ1n) is 7.27. The minimum atomic E-state index is 0.311. The molecule has 0 amide bonds. The summed E-state index contributed by atoms with van der Waals surface area (Å²) in [6, 6.07) is 0.311. The molecule has 2 unspecified atom stereocenters. The number of piperidine rings is 1. The largest absolute Gasteiger partial charge is 0.327 e. The standard InChI is InChI=1S/C14H25BrN4/c1-4-12-14(15)13(19(5-2)17-12)9-18-7-10(3)6-11(16)8-18/h10-11H,4-9,16H2,1-3H3. The van der Waals surface area contributed by atoms with Gasteiger partial charge in [0.25, 0.3) is 0 Å². The summed E-state index contributed by atoms with van der Waals surface area (Å²) >= 11 is 3.72. The molecule has 1 saturated heterocycles. The molecule has 0 bridgehead atoms. The highest BCUT2D eigenvalue weighted by Crippen LogP contribution is 2.25. The van der Waals surface area contributed by atoms with Gasteiger partial charge in [-0.05, 0) is 41.6 Å². The van der Waals surface area contributed by atoms with Crippen LogP contribution in [0.5, 0.6) is 0 Å². The van der Waals surface area contributed by atoms with E-state index in [-0.39, 0.29) is 0 Å². The summed E-state index contributed by atoms with van der Waals surface area (Å²) in [6.07, 6.45) is 2.11. The quantitative estimate of drug-likeness (QED) is 0.923. The maximum atomic E-state index is 6.13. The Morgan fingerprint density at radius 1 is 1.37 bits per heavy atom. The first-order valence-corrected chi connectivity index (χ1v) is 8.06. The molecular weight excluding hydrogens is 304 g/mol. The second-order valence-corrected chi connectivity index (χ2v) is 6.46. The van der Waals surface area contributed by atoms with Gasteiger partial charge in [-0.3, -0.25) is 9.58 Å². The van der Waals surface area contributed by atoms with Crippen molar-refractivity contribution < 1.29 is 0 Å². The van der Waals surface area contributed by atoms with Crippen LogP contribution in [-0.2, 0) is 19.5 Å². The molecule has 2 atom stereocenters. The van der Waals surface area contributed by atoms with Crippen molar-refractivity contribution in [1.29, 1.82) is 0 Å².